The third kappa shape index (κ3) is 2.56. The minimum absolute atomic E-state index is 0.184. The van der Waals surface area contributed by atoms with Crippen LogP contribution < -0.4 is 0 Å². The highest BCUT2D eigenvalue weighted by molar-refractivity contribution is 6.33. The van der Waals surface area contributed by atoms with Crippen LogP contribution in [-0.4, -0.2) is 60.3 Å². The van der Waals surface area contributed by atoms with Crippen LogP contribution in [0.15, 0.2) is 43.0 Å². The molecule has 9 heteroatoms. The molecule has 1 saturated heterocycles. The second-order valence-corrected chi connectivity index (χ2v) is 7.24. The number of benzene rings is 1. The fraction of sp³-hybridized carbons (Fsp3) is 0.389. The summed E-state index contributed by atoms with van der Waals surface area (Å²) in [6, 6.07) is 9.22. The standard InChI is InChI=1S/C18H17ClN4O4/c19-16-11-17(21-8-20-16)23(9-22-11)12-13(24)14(25)18(15(12)27-18)7-26-6-10-4-2-1-3-5-10/h1-5,8-9,12-15,24-25H,6-7H2/t12-,13-,14-,15+,18-/m0/s1. The highest BCUT2D eigenvalue weighted by atomic mass is 35.5. The Hall–Kier alpha value is -2.10. The molecule has 1 aliphatic carbocycles. The van der Waals surface area contributed by atoms with Gasteiger partial charge in [0.2, 0.25) is 0 Å². The number of aliphatic hydroxyl groups excluding tert-OH is 2. The predicted octanol–water partition coefficient (Wildman–Crippen LogP) is 1.11. The van der Waals surface area contributed by atoms with E-state index in [2.05, 4.69) is 15.0 Å². The first-order valence-electron chi connectivity index (χ1n) is 8.60. The fourth-order valence-electron chi connectivity index (χ4n) is 3.91. The van der Waals surface area contributed by atoms with Crippen molar-refractivity contribution in [3.63, 3.8) is 0 Å². The third-order valence-electron chi connectivity index (χ3n) is 5.33. The molecule has 27 heavy (non-hydrogen) atoms. The number of aromatic nitrogens is 4. The zero-order valence-electron chi connectivity index (χ0n) is 14.1. The number of hydrogen-bond acceptors (Lipinski definition) is 7. The molecule has 140 valence electrons. The van der Waals surface area contributed by atoms with Crippen molar-refractivity contribution in [2.45, 2.75) is 36.6 Å². The van der Waals surface area contributed by atoms with Gasteiger partial charge in [0.05, 0.1) is 25.6 Å². The maximum atomic E-state index is 10.6. The lowest BCUT2D eigenvalue weighted by atomic mass is 10.1. The smallest absolute Gasteiger partial charge is 0.165 e. The molecule has 2 aliphatic rings. The monoisotopic (exact) mass is 388 g/mol. The first-order valence-corrected chi connectivity index (χ1v) is 8.98. The molecule has 1 aromatic carbocycles. The van der Waals surface area contributed by atoms with Crippen molar-refractivity contribution in [3.8, 4) is 0 Å². The predicted molar refractivity (Wildman–Crippen MR) is 95.1 cm³/mol. The number of nitrogens with zero attached hydrogens (tertiary/aromatic N) is 4. The molecule has 1 saturated carbocycles. The molecule has 1 aliphatic heterocycles. The first-order chi connectivity index (χ1) is 13.1. The number of hydrogen-bond donors (Lipinski definition) is 2. The van der Waals surface area contributed by atoms with E-state index >= 15 is 0 Å². The minimum atomic E-state index is -1.07. The van der Waals surface area contributed by atoms with Gasteiger partial charge in [-0.15, -0.1) is 0 Å². The molecule has 2 fully saturated rings. The van der Waals surface area contributed by atoms with Gasteiger partial charge in [-0.25, -0.2) is 15.0 Å². The van der Waals surface area contributed by atoms with Crippen molar-refractivity contribution in [1.29, 1.82) is 0 Å². The van der Waals surface area contributed by atoms with Crippen molar-refractivity contribution in [2.24, 2.45) is 0 Å². The van der Waals surface area contributed by atoms with Crippen molar-refractivity contribution >= 4 is 22.8 Å². The number of halogens is 1. The first kappa shape index (κ1) is 17.0. The molecule has 2 aromatic heterocycles. The maximum Gasteiger partial charge on any atom is 0.165 e. The van der Waals surface area contributed by atoms with Gasteiger partial charge in [0.1, 0.15) is 35.8 Å². The van der Waals surface area contributed by atoms with Gasteiger partial charge in [0, 0.05) is 0 Å². The van der Waals surface area contributed by atoms with Crippen LogP contribution in [0.5, 0.6) is 0 Å². The summed E-state index contributed by atoms with van der Waals surface area (Å²) in [4.78, 5) is 12.3. The highest BCUT2D eigenvalue weighted by Crippen LogP contribution is 2.55. The zero-order chi connectivity index (χ0) is 18.6. The van der Waals surface area contributed by atoms with Crippen LogP contribution in [0.25, 0.3) is 11.2 Å². The molecule has 2 N–H and O–H groups in total. The molecular weight excluding hydrogens is 372 g/mol. The lowest BCUT2D eigenvalue weighted by Gasteiger charge is -2.23. The molecule has 0 amide bonds. The largest absolute Gasteiger partial charge is 0.388 e. The molecule has 0 radical (unpaired) electrons. The van der Waals surface area contributed by atoms with Gasteiger partial charge in [-0.2, -0.15) is 0 Å². The molecule has 5 atom stereocenters. The van der Waals surface area contributed by atoms with Gasteiger partial charge in [0.15, 0.2) is 10.8 Å². The number of aliphatic hydroxyl groups is 2. The van der Waals surface area contributed by atoms with Crippen LogP contribution in [0.3, 0.4) is 0 Å². The Balaban J connectivity index is 1.37. The summed E-state index contributed by atoms with van der Waals surface area (Å²) in [5, 5.41) is 21.5. The van der Waals surface area contributed by atoms with Gasteiger partial charge in [-0.05, 0) is 5.56 Å². The summed E-state index contributed by atoms with van der Waals surface area (Å²) >= 11 is 6.05. The van der Waals surface area contributed by atoms with E-state index in [0.29, 0.717) is 17.8 Å². The fourth-order valence-corrected chi connectivity index (χ4v) is 4.09. The Morgan fingerprint density at radius 3 is 2.81 bits per heavy atom. The van der Waals surface area contributed by atoms with Crippen molar-refractivity contribution in [2.75, 3.05) is 6.61 Å². The van der Waals surface area contributed by atoms with Gasteiger partial charge >= 0.3 is 0 Å². The molecular formula is C18H17ClN4O4. The summed E-state index contributed by atoms with van der Waals surface area (Å²) in [7, 11) is 0. The van der Waals surface area contributed by atoms with Crippen LogP contribution in [-0.2, 0) is 16.1 Å². The van der Waals surface area contributed by atoms with E-state index < -0.39 is 30.0 Å². The van der Waals surface area contributed by atoms with Crippen LogP contribution in [0.1, 0.15) is 11.6 Å². The number of epoxide rings is 1. The van der Waals surface area contributed by atoms with Crippen LogP contribution >= 0.6 is 11.6 Å². The van der Waals surface area contributed by atoms with Crippen molar-refractivity contribution in [3.05, 3.63) is 53.7 Å². The second-order valence-electron chi connectivity index (χ2n) is 6.89. The Morgan fingerprint density at radius 1 is 1.19 bits per heavy atom. The van der Waals surface area contributed by atoms with E-state index in [-0.39, 0.29) is 11.8 Å². The summed E-state index contributed by atoms with van der Waals surface area (Å²) in [5.74, 6) is 0. The zero-order valence-corrected chi connectivity index (χ0v) is 14.9. The molecule has 0 spiro atoms. The maximum absolute atomic E-state index is 10.6. The molecule has 5 rings (SSSR count). The lowest BCUT2D eigenvalue weighted by Crippen LogP contribution is -2.40. The highest BCUT2D eigenvalue weighted by Gasteiger charge is 2.74. The van der Waals surface area contributed by atoms with Crippen LogP contribution in [0.2, 0.25) is 5.15 Å². The molecule has 8 nitrogen and oxygen atoms in total. The second kappa shape index (κ2) is 6.22. The summed E-state index contributed by atoms with van der Waals surface area (Å²) in [5.41, 5.74) is 1.04. The SMILES string of the molecule is O[C@H]1[C@H](n2cnc3c(Cl)ncnc32)[C@H]2O[C@@]2(COCc2ccccc2)[C@H]1O. The van der Waals surface area contributed by atoms with E-state index in [9.17, 15) is 10.2 Å². The van der Waals surface area contributed by atoms with Gasteiger partial charge in [-0.3, -0.25) is 0 Å². The van der Waals surface area contributed by atoms with Gasteiger partial charge in [-0.1, -0.05) is 41.9 Å². The quantitative estimate of drug-likeness (QED) is 0.498. The molecule has 3 heterocycles. The van der Waals surface area contributed by atoms with Crippen molar-refractivity contribution < 1.29 is 19.7 Å². The minimum Gasteiger partial charge on any atom is -0.388 e. The molecule has 0 bridgehead atoms. The van der Waals surface area contributed by atoms with Gasteiger partial charge < -0.3 is 24.3 Å². The topological polar surface area (TPSA) is 106 Å². The van der Waals surface area contributed by atoms with E-state index in [1.54, 1.807) is 4.57 Å². The van der Waals surface area contributed by atoms with E-state index in [4.69, 9.17) is 21.1 Å². The Labute approximate surface area is 159 Å². The Bertz CT molecular complexity index is 984. The molecule has 3 aromatic rings. The van der Waals surface area contributed by atoms with E-state index in [1.165, 1.54) is 12.7 Å². The van der Waals surface area contributed by atoms with E-state index in [0.717, 1.165) is 5.56 Å². The molecule has 0 unspecified atom stereocenters. The summed E-state index contributed by atoms with van der Waals surface area (Å²) in [6.07, 6.45) is 0.372. The third-order valence-corrected chi connectivity index (χ3v) is 5.61. The van der Waals surface area contributed by atoms with Crippen LogP contribution in [0, 0.1) is 0 Å². The van der Waals surface area contributed by atoms with Crippen LogP contribution in [0.4, 0.5) is 0 Å². The Morgan fingerprint density at radius 2 is 2.00 bits per heavy atom. The number of fused-ring (bicyclic) bond motifs is 2. The van der Waals surface area contributed by atoms with Gasteiger partial charge in [0.25, 0.3) is 0 Å². The lowest BCUT2D eigenvalue weighted by molar-refractivity contribution is -0.0720. The van der Waals surface area contributed by atoms with E-state index in [1.807, 2.05) is 30.3 Å². The van der Waals surface area contributed by atoms with Crippen molar-refractivity contribution in [1.82, 2.24) is 19.5 Å². The Kier molecular flexibility index (Phi) is 3.92. The number of rotatable bonds is 5. The average molecular weight is 389 g/mol. The summed E-state index contributed by atoms with van der Waals surface area (Å²) in [6.45, 7) is 0.590. The number of imidazole rings is 1. The summed E-state index contributed by atoms with van der Waals surface area (Å²) < 4.78 is 13.3. The average Bonchev–Trinajstić information content (AvgIpc) is 3.16. The number of ether oxygens (including phenoxy) is 2. The normalized spacial score (nSPS) is 32.0.